The van der Waals surface area contributed by atoms with E-state index in [9.17, 15) is 43.2 Å². The summed E-state index contributed by atoms with van der Waals surface area (Å²) in [7, 11) is -9.90. The first kappa shape index (κ1) is 90.1. The first-order valence-electron chi connectivity index (χ1n) is 37.9. The lowest BCUT2D eigenvalue weighted by Gasteiger charge is -2.21. The molecule has 3 unspecified atom stereocenters. The molecule has 19 heteroatoms. The van der Waals surface area contributed by atoms with Crippen LogP contribution in [0, 0.1) is 17.8 Å². The first-order chi connectivity index (χ1) is 44.3. The minimum absolute atomic E-state index is 0.102. The maximum Gasteiger partial charge on any atom is 0.472 e. The Labute approximate surface area is 562 Å². The lowest BCUT2D eigenvalue weighted by molar-refractivity contribution is -0.161. The van der Waals surface area contributed by atoms with Crippen molar-refractivity contribution < 1.29 is 80.2 Å². The Balaban J connectivity index is 5.16. The molecule has 3 N–H and O–H groups in total. The molecule has 0 saturated heterocycles. The van der Waals surface area contributed by atoms with Crippen molar-refractivity contribution in [2.24, 2.45) is 17.8 Å². The predicted octanol–water partition coefficient (Wildman–Crippen LogP) is 21.0. The van der Waals surface area contributed by atoms with Crippen LogP contribution in [0.1, 0.15) is 370 Å². The molecule has 0 spiro atoms. The number of ether oxygens (including phenoxy) is 4. The largest absolute Gasteiger partial charge is 0.472 e. The van der Waals surface area contributed by atoms with E-state index < -0.39 is 97.5 Å². The molecule has 0 amide bonds. The van der Waals surface area contributed by atoms with Gasteiger partial charge in [-0.15, -0.1) is 0 Å². The van der Waals surface area contributed by atoms with Gasteiger partial charge in [0.15, 0.2) is 12.2 Å². The average Bonchev–Trinajstić information content (AvgIpc) is 3.12. The van der Waals surface area contributed by atoms with E-state index in [1.807, 2.05) is 0 Å². The molecule has 0 fully saturated rings. The van der Waals surface area contributed by atoms with Gasteiger partial charge in [0.2, 0.25) is 0 Å². The molecule has 0 bridgehead atoms. The maximum atomic E-state index is 13.1. The van der Waals surface area contributed by atoms with Crippen LogP contribution in [-0.2, 0) is 65.4 Å². The topological polar surface area (TPSA) is 237 Å². The minimum Gasteiger partial charge on any atom is -0.462 e. The van der Waals surface area contributed by atoms with Crippen LogP contribution in [0.5, 0.6) is 0 Å². The monoisotopic (exact) mass is 1350 g/mol. The average molecular weight is 1350 g/mol. The van der Waals surface area contributed by atoms with E-state index in [-0.39, 0.29) is 25.7 Å². The fourth-order valence-electron chi connectivity index (χ4n) is 11.0. The number of esters is 4. The molecule has 0 aromatic carbocycles. The minimum atomic E-state index is -4.95. The van der Waals surface area contributed by atoms with Gasteiger partial charge in [0.1, 0.15) is 19.3 Å². The maximum absolute atomic E-state index is 13.1. The molecule has 92 heavy (non-hydrogen) atoms. The summed E-state index contributed by atoms with van der Waals surface area (Å²) in [5, 5.41) is 10.6. The van der Waals surface area contributed by atoms with Crippen molar-refractivity contribution in [3.8, 4) is 0 Å². The number of rotatable bonds is 71. The smallest absolute Gasteiger partial charge is 0.462 e. The quantitative estimate of drug-likeness (QED) is 0.0222. The van der Waals surface area contributed by atoms with E-state index in [4.69, 9.17) is 37.0 Å². The molecule has 17 nitrogen and oxygen atoms in total. The van der Waals surface area contributed by atoms with E-state index in [0.717, 1.165) is 108 Å². The van der Waals surface area contributed by atoms with Crippen molar-refractivity contribution in [3.63, 3.8) is 0 Å². The molecule has 0 aliphatic carbocycles. The molecule has 0 aromatic heterocycles. The third-order valence-electron chi connectivity index (χ3n) is 17.2. The number of aliphatic hydroxyl groups excluding tert-OH is 1. The molecule has 0 aliphatic heterocycles. The molecule has 546 valence electrons. The van der Waals surface area contributed by atoms with Gasteiger partial charge in [0.25, 0.3) is 0 Å². The van der Waals surface area contributed by atoms with Gasteiger partial charge in [0.05, 0.1) is 26.4 Å². The third kappa shape index (κ3) is 65.4. The zero-order valence-corrected chi connectivity index (χ0v) is 61.8. The van der Waals surface area contributed by atoms with E-state index in [1.54, 1.807) is 0 Å². The Morgan fingerprint density at radius 2 is 0.554 bits per heavy atom. The summed E-state index contributed by atoms with van der Waals surface area (Å²) in [6, 6.07) is 0. The molecule has 0 aromatic rings. The van der Waals surface area contributed by atoms with Gasteiger partial charge in [0, 0.05) is 25.7 Å². The van der Waals surface area contributed by atoms with Gasteiger partial charge in [-0.05, 0) is 43.4 Å². The highest BCUT2D eigenvalue weighted by molar-refractivity contribution is 7.47. The molecular weight excluding hydrogens is 1210 g/mol. The van der Waals surface area contributed by atoms with E-state index >= 15 is 0 Å². The van der Waals surface area contributed by atoms with Crippen LogP contribution < -0.4 is 0 Å². The second-order valence-electron chi connectivity index (χ2n) is 27.5. The van der Waals surface area contributed by atoms with Gasteiger partial charge in [-0.2, -0.15) is 0 Å². The molecule has 0 saturated carbocycles. The summed E-state index contributed by atoms with van der Waals surface area (Å²) in [6.07, 6.45) is 48.9. The number of hydrogen-bond acceptors (Lipinski definition) is 15. The van der Waals surface area contributed by atoms with Gasteiger partial charge in [-0.1, -0.05) is 318 Å². The lowest BCUT2D eigenvalue weighted by Crippen LogP contribution is -2.30. The van der Waals surface area contributed by atoms with Crippen molar-refractivity contribution in [1.29, 1.82) is 0 Å². The number of phosphoric acid groups is 2. The SMILES string of the molecule is CCCCCCCCCCC(=O)OC[C@H](COP(=O)(O)OC[C@H](O)COP(=O)(O)OC[C@@H](COC(=O)CCCCCCCCCCCCC(C)CC)OC(=O)CCCCCCCCCCCCCCCCCCCCC(C)C)OC(=O)CCCCCCCCC(C)C. The van der Waals surface area contributed by atoms with Crippen molar-refractivity contribution in [2.45, 2.75) is 388 Å². The lowest BCUT2D eigenvalue weighted by atomic mass is 9.99. The standard InChI is InChI=1S/C73H142O17P2/c1-8-10-11-12-13-32-40-47-54-70(75)83-61-69(90-73(78)57-50-43-36-35-38-45-52-65(5)6)63-88-92(81,82)86-59-67(74)58-85-91(79,80)87-62-68(60-84-71(76)55-48-41-33-28-25-24-27-31-39-46-53-66(7)9-2)89-72(77)56-49-42-34-29-23-21-19-17-15-14-16-18-20-22-26-30-37-44-51-64(3)4/h64-69,74H,8-63H2,1-7H3,(H,79,80)(H,81,82)/t66?,67-,68-,69-/m1/s1. The Hall–Kier alpha value is -1.94. The highest BCUT2D eigenvalue weighted by atomic mass is 31.2. The summed E-state index contributed by atoms with van der Waals surface area (Å²) in [4.78, 5) is 72.5. The van der Waals surface area contributed by atoms with Crippen LogP contribution in [0.2, 0.25) is 0 Å². The van der Waals surface area contributed by atoms with Crippen LogP contribution in [-0.4, -0.2) is 96.7 Å². The fraction of sp³-hybridized carbons (Fsp3) is 0.945. The van der Waals surface area contributed by atoms with E-state index in [0.29, 0.717) is 31.6 Å². The highest BCUT2D eigenvalue weighted by Crippen LogP contribution is 2.45. The van der Waals surface area contributed by atoms with Crippen LogP contribution in [0.4, 0.5) is 0 Å². The zero-order valence-electron chi connectivity index (χ0n) is 60.0. The summed E-state index contributed by atoms with van der Waals surface area (Å²) in [5.41, 5.74) is 0. The molecule has 6 atom stereocenters. The molecule has 0 aliphatic rings. The number of unbranched alkanes of at least 4 members (excludes halogenated alkanes) is 38. The van der Waals surface area contributed by atoms with Crippen LogP contribution in [0.3, 0.4) is 0 Å². The zero-order chi connectivity index (χ0) is 68.0. The summed E-state index contributed by atoms with van der Waals surface area (Å²) >= 11 is 0. The Morgan fingerprint density at radius 3 is 0.826 bits per heavy atom. The summed E-state index contributed by atoms with van der Waals surface area (Å²) in [5.74, 6) is 0.170. The van der Waals surface area contributed by atoms with Gasteiger partial charge in [-0.3, -0.25) is 37.3 Å². The predicted molar refractivity (Wildman–Crippen MR) is 372 cm³/mol. The van der Waals surface area contributed by atoms with Crippen molar-refractivity contribution in [2.75, 3.05) is 39.6 Å². The Morgan fingerprint density at radius 1 is 0.315 bits per heavy atom. The molecule has 0 rings (SSSR count). The third-order valence-corrected chi connectivity index (χ3v) is 19.1. The van der Waals surface area contributed by atoms with Gasteiger partial charge < -0.3 is 33.8 Å². The van der Waals surface area contributed by atoms with Crippen molar-refractivity contribution >= 4 is 39.5 Å². The second kappa shape index (κ2) is 63.8. The number of carbonyl (C=O) groups is 4. The van der Waals surface area contributed by atoms with Crippen LogP contribution in [0.15, 0.2) is 0 Å². The van der Waals surface area contributed by atoms with E-state index in [1.165, 1.54) is 173 Å². The highest BCUT2D eigenvalue weighted by Gasteiger charge is 2.30. The first-order valence-corrected chi connectivity index (χ1v) is 40.9. The number of aliphatic hydroxyl groups is 1. The summed E-state index contributed by atoms with van der Waals surface area (Å²) in [6.45, 7) is 11.8. The molecule has 0 heterocycles. The van der Waals surface area contributed by atoms with E-state index in [2.05, 4.69) is 48.5 Å². The van der Waals surface area contributed by atoms with Gasteiger partial charge in [-0.25, -0.2) is 9.13 Å². The Kier molecular flexibility index (Phi) is 62.4. The second-order valence-corrected chi connectivity index (χ2v) is 30.4. The normalized spacial score (nSPS) is 14.4. The van der Waals surface area contributed by atoms with Gasteiger partial charge >= 0.3 is 39.5 Å². The molecular formula is C73H142O17P2. The Bertz CT molecular complexity index is 1800. The van der Waals surface area contributed by atoms with Crippen molar-refractivity contribution in [1.82, 2.24) is 0 Å². The number of phosphoric ester groups is 2. The fourth-order valence-corrected chi connectivity index (χ4v) is 12.6. The molecule has 0 radical (unpaired) electrons. The number of hydrogen-bond donors (Lipinski definition) is 3. The van der Waals surface area contributed by atoms with Crippen LogP contribution >= 0.6 is 15.6 Å². The van der Waals surface area contributed by atoms with Crippen molar-refractivity contribution in [3.05, 3.63) is 0 Å². The summed E-state index contributed by atoms with van der Waals surface area (Å²) < 4.78 is 68.2. The number of carbonyl (C=O) groups excluding carboxylic acids is 4. The van der Waals surface area contributed by atoms with Crippen LogP contribution in [0.25, 0.3) is 0 Å².